The third-order valence-electron chi connectivity index (χ3n) is 3.97. The molecule has 0 unspecified atom stereocenters. The number of nitrogens with one attached hydrogen (secondary N) is 1. The van der Waals surface area contributed by atoms with Gasteiger partial charge in [0.2, 0.25) is 5.91 Å². The minimum atomic E-state index is -0.187. The molecular weight excluding hydrogens is 419 g/mol. The van der Waals surface area contributed by atoms with E-state index in [-0.39, 0.29) is 11.7 Å². The number of rotatable bonds is 7. The van der Waals surface area contributed by atoms with Crippen LogP contribution in [0.15, 0.2) is 47.6 Å². The van der Waals surface area contributed by atoms with Gasteiger partial charge in [-0.3, -0.25) is 4.79 Å². The van der Waals surface area contributed by atoms with E-state index < -0.39 is 0 Å². The molecule has 28 heavy (non-hydrogen) atoms. The zero-order chi connectivity index (χ0) is 20.1. The van der Waals surface area contributed by atoms with E-state index in [1.54, 1.807) is 18.2 Å². The Morgan fingerprint density at radius 3 is 2.57 bits per heavy atom. The van der Waals surface area contributed by atoms with Gasteiger partial charge in [-0.2, -0.15) is 0 Å². The summed E-state index contributed by atoms with van der Waals surface area (Å²) in [5.74, 6) is 1.35. The van der Waals surface area contributed by atoms with Crippen LogP contribution in [0.3, 0.4) is 0 Å². The number of carbonyl (C=O) groups is 1. The predicted molar refractivity (Wildman–Crippen MR) is 113 cm³/mol. The Morgan fingerprint density at radius 1 is 1.14 bits per heavy atom. The Labute approximate surface area is 177 Å². The molecule has 0 fully saturated rings. The van der Waals surface area contributed by atoms with Gasteiger partial charge in [0.1, 0.15) is 11.6 Å². The molecule has 6 nitrogen and oxygen atoms in total. The molecule has 0 aliphatic heterocycles. The Hall–Kier alpha value is -2.22. The normalized spacial score (nSPS) is 10.7. The van der Waals surface area contributed by atoms with Crippen LogP contribution >= 0.6 is 35.0 Å². The van der Waals surface area contributed by atoms with E-state index in [0.717, 1.165) is 11.4 Å². The lowest BCUT2D eigenvalue weighted by molar-refractivity contribution is -0.113. The van der Waals surface area contributed by atoms with Crippen LogP contribution < -0.4 is 10.1 Å². The molecule has 0 aliphatic carbocycles. The third-order valence-corrected chi connectivity index (χ3v) is 5.48. The molecule has 146 valence electrons. The average Bonchev–Trinajstić information content (AvgIpc) is 3.02. The SMILES string of the molecule is COc1ccc(Cl)cc1NC(=O)CSc1nnc(Cc2ccc(Cl)cc2)n1C. The number of anilines is 1. The van der Waals surface area contributed by atoms with Gasteiger partial charge in [0.15, 0.2) is 5.16 Å². The fourth-order valence-corrected chi connectivity index (χ4v) is 3.53. The lowest BCUT2D eigenvalue weighted by Gasteiger charge is -2.10. The quantitative estimate of drug-likeness (QED) is 0.553. The molecule has 0 saturated heterocycles. The molecule has 1 aromatic heterocycles. The molecule has 0 spiro atoms. The van der Waals surface area contributed by atoms with Crippen LogP contribution in [0.2, 0.25) is 10.0 Å². The Bertz CT molecular complexity index is 977. The summed E-state index contributed by atoms with van der Waals surface area (Å²) in [5.41, 5.74) is 1.62. The highest BCUT2D eigenvalue weighted by atomic mass is 35.5. The summed E-state index contributed by atoms with van der Waals surface area (Å²) in [6.07, 6.45) is 0.632. The van der Waals surface area contributed by atoms with E-state index in [1.807, 2.05) is 35.9 Å². The number of nitrogens with zero attached hydrogens (tertiary/aromatic N) is 3. The Balaban J connectivity index is 1.60. The minimum Gasteiger partial charge on any atom is -0.495 e. The summed E-state index contributed by atoms with van der Waals surface area (Å²) < 4.78 is 7.12. The fraction of sp³-hybridized carbons (Fsp3) is 0.211. The molecule has 9 heteroatoms. The van der Waals surface area contributed by atoms with Crippen molar-refractivity contribution >= 4 is 46.6 Å². The molecule has 2 aromatic carbocycles. The number of benzene rings is 2. The van der Waals surface area contributed by atoms with E-state index in [4.69, 9.17) is 27.9 Å². The maximum absolute atomic E-state index is 12.3. The Morgan fingerprint density at radius 2 is 1.86 bits per heavy atom. The highest BCUT2D eigenvalue weighted by Gasteiger charge is 2.13. The number of halogens is 2. The van der Waals surface area contributed by atoms with Crippen LogP contribution in [0.4, 0.5) is 5.69 Å². The number of thioether (sulfide) groups is 1. The number of amides is 1. The van der Waals surface area contributed by atoms with Crippen molar-refractivity contribution in [1.82, 2.24) is 14.8 Å². The van der Waals surface area contributed by atoms with Crippen molar-refractivity contribution in [2.24, 2.45) is 7.05 Å². The monoisotopic (exact) mass is 436 g/mol. The molecule has 0 aliphatic rings. The second-order valence-corrected chi connectivity index (χ2v) is 7.76. The summed E-state index contributed by atoms with van der Waals surface area (Å²) in [7, 11) is 3.42. The lowest BCUT2D eigenvalue weighted by atomic mass is 10.1. The first-order valence-electron chi connectivity index (χ1n) is 8.35. The summed E-state index contributed by atoms with van der Waals surface area (Å²) in [4.78, 5) is 12.3. The largest absolute Gasteiger partial charge is 0.495 e. The number of methoxy groups -OCH3 is 1. The van der Waals surface area contributed by atoms with E-state index in [0.29, 0.717) is 33.1 Å². The maximum Gasteiger partial charge on any atom is 0.234 e. The number of ether oxygens (including phenoxy) is 1. The highest BCUT2D eigenvalue weighted by molar-refractivity contribution is 7.99. The maximum atomic E-state index is 12.3. The number of carbonyl (C=O) groups excluding carboxylic acids is 1. The smallest absolute Gasteiger partial charge is 0.234 e. The molecule has 1 amide bonds. The summed E-state index contributed by atoms with van der Waals surface area (Å²) >= 11 is 13.2. The molecule has 3 rings (SSSR count). The van der Waals surface area contributed by atoms with Crippen LogP contribution in [-0.4, -0.2) is 33.5 Å². The zero-order valence-corrected chi connectivity index (χ0v) is 17.6. The molecule has 1 N–H and O–H groups in total. The molecule has 0 saturated carbocycles. The molecule has 0 radical (unpaired) electrons. The third kappa shape index (κ3) is 5.19. The van der Waals surface area contributed by atoms with E-state index in [2.05, 4.69) is 15.5 Å². The van der Waals surface area contributed by atoms with E-state index in [9.17, 15) is 4.79 Å². The van der Waals surface area contributed by atoms with Gasteiger partial charge in [0.05, 0.1) is 18.6 Å². The van der Waals surface area contributed by atoms with Gasteiger partial charge in [-0.25, -0.2) is 0 Å². The van der Waals surface area contributed by atoms with Crippen molar-refractivity contribution in [2.75, 3.05) is 18.2 Å². The first-order chi connectivity index (χ1) is 13.5. The Kier molecular flexibility index (Phi) is 6.83. The van der Waals surface area contributed by atoms with Gasteiger partial charge in [-0.05, 0) is 35.9 Å². The molecular formula is C19H18Cl2N4O2S. The van der Waals surface area contributed by atoms with Gasteiger partial charge in [0, 0.05) is 23.5 Å². The summed E-state index contributed by atoms with van der Waals surface area (Å²) in [5, 5.41) is 13.1. The second-order valence-electron chi connectivity index (χ2n) is 5.94. The van der Waals surface area contributed by atoms with Crippen LogP contribution in [-0.2, 0) is 18.3 Å². The number of hydrogen-bond acceptors (Lipinski definition) is 5. The number of aromatic nitrogens is 3. The first-order valence-corrected chi connectivity index (χ1v) is 10.1. The second kappa shape index (κ2) is 9.32. The van der Waals surface area contributed by atoms with Crippen molar-refractivity contribution in [1.29, 1.82) is 0 Å². The van der Waals surface area contributed by atoms with Crippen molar-refractivity contribution in [3.63, 3.8) is 0 Å². The van der Waals surface area contributed by atoms with Crippen LogP contribution in [0.5, 0.6) is 5.75 Å². The van der Waals surface area contributed by atoms with Crippen molar-refractivity contribution in [3.05, 3.63) is 63.9 Å². The van der Waals surface area contributed by atoms with E-state index in [1.165, 1.54) is 18.9 Å². The van der Waals surface area contributed by atoms with Gasteiger partial charge in [0.25, 0.3) is 0 Å². The molecule has 3 aromatic rings. The standard InChI is InChI=1S/C19H18Cl2N4O2S/c1-25-17(9-12-3-5-13(20)6-4-12)23-24-19(25)28-11-18(26)22-15-10-14(21)7-8-16(15)27-2/h3-8,10H,9,11H2,1-2H3,(H,22,26). The molecule has 0 bridgehead atoms. The van der Waals surface area contributed by atoms with Crippen molar-refractivity contribution in [3.8, 4) is 5.75 Å². The van der Waals surface area contributed by atoms with E-state index >= 15 is 0 Å². The van der Waals surface area contributed by atoms with Crippen molar-refractivity contribution < 1.29 is 9.53 Å². The lowest BCUT2D eigenvalue weighted by Crippen LogP contribution is -2.15. The van der Waals surface area contributed by atoms with Gasteiger partial charge in [-0.1, -0.05) is 47.1 Å². The van der Waals surface area contributed by atoms with Gasteiger partial charge in [-0.15, -0.1) is 10.2 Å². The summed E-state index contributed by atoms with van der Waals surface area (Å²) in [6.45, 7) is 0. The number of hydrogen-bond donors (Lipinski definition) is 1. The van der Waals surface area contributed by atoms with Crippen molar-refractivity contribution in [2.45, 2.75) is 11.6 Å². The molecule has 1 heterocycles. The van der Waals surface area contributed by atoms with Gasteiger partial charge >= 0.3 is 0 Å². The van der Waals surface area contributed by atoms with Gasteiger partial charge < -0.3 is 14.6 Å². The predicted octanol–water partition coefficient (Wildman–Crippen LogP) is 4.45. The van der Waals surface area contributed by atoms with Crippen LogP contribution in [0.25, 0.3) is 0 Å². The minimum absolute atomic E-state index is 0.183. The topological polar surface area (TPSA) is 69.0 Å². The zero-order valence-electron chi connectivity index (χ0n) is 15.3. The molecule has 0 atom stereocenters. The highest BCUT2D eigenvalue weighted by Crippen LogP contribution is 2.28. The first kappa shape index (κ1) is 20.5. The summed E-state index contributed by atoms with van der Waals surface area (Å²) in [6, 6.07) is 12.7. The average molecular weight is 437 g/mol. The fourth-order valence-electron chi connectivity index (χ4n) is 2.50. The van der Waals surface area contributed by atoms with Crippen LogP contribution in [0.1, 0.15) is 11.4 Å². The van der Waals surface area contributed by atoms with Crippen LogP contribution in [0, 0.1) is 0 Å².